The van der Waals surface area contributed by atoms with E-state index in [1.807, 2.05) is 18.2 Å². The number of benzene rings is 6. The zero-order valence-corrected chi connectivity index (χ0v) is 33.6. The van der Waals surface area contributed by atoms with Gasteiger partial charge < -0.3 is 9.47 Å². The summed E-state index contributed by atoms with van der Waals surface area (Å²) in [7, 11) is 0. The molecule has 0 fully saturated rings. The highest BCUT2D eigenvalue weighted by molar-refractivity contribution is 5.98. The van der Waals surface area contributed by atoms with Gasteiger partial charge in [-0.15, -0.1) is 0 Å². The second kappa shape index (κ2) is 14.9. The Hall–Kier alpha value is -6.90. The summed E-state index contributed by atoms with van der Waals surface area (Å²) in [6.45, 7) is 19.0. The maximum absolute atomic E-state index is 4.23. The molecule has 0 spiro atoms. The van der Waals surface area contributed by atoms with Gasteiger partial charge in [-0.05, 0) is 130 Å². The number of nitrogens with zero attached hydrogens (tertiary/aromatic N) is 2. The number of allylic oxidation sites excluding steroid dienone is 4. The molecule has 2 heteroatoms. The first kappa shape index (κ1) is 36.7. The Kier molecular flexibility index (Phi) is 9.42. The number of hydrogen-bond acceptors (Lipinski definition) is 1. The molecule has 1 heterocycles. The zero-order chi connectivity index (χ0) is 40.0. The van der Waals surface area contributed by atoms with Gasteiger partial charge >= 0.3 is 0 Å². The highest BCUT2D eigenvalue weighted by Gasteiger charge is 2.36. The van der Waals surface area contributed by atoms with E-state index in [1.165, 1.54) is 50.0 Å². The van der Waals surface area contributed by atoms with Crippen LogP contribution < -0.4 is 4.90 Å². The van der Waals surface area contributed by atoms with Crippen molar-refractivity contribution in [3.8, 4) is 27.9 Å². The molecule has 1 unspecified atom stereocenters. The molecule has 0 radical (unpaired) electrons. The van der Waals surface area contributed by atoms with E-state index in [-0.39, 0.29) is 5.41 Å². The fourth-order valence-corrected chi connectivity index (χ4v) is 9.09. The highest BCUT2D eigenvalue weighted by atomic mass is 15.1. The van der Waals surface area contributed by atoms with E-state index in [0.29, 0.717) is 5.92 Å². The Labute approximate surface area is 343 Å². The molecule has 0 aliphatic heterocycles. The molecule has 2 nitrogen and oxygen atoms in total. The van der Waals surface area contributed by atoms with Crippen molar-refractivity contribution in [2.75, 3.05) is 4.90 Å². The van der Waals surface area contributed by atoms with Crippen LogP contribution in [0.25, 0.3) is 63.1 Å². The minimum absolute atomic E-state index is 0.130. The van der Waals surface area contributed by atoms with Crippen LogP contribution in [0.4, 0.5) is 11.4 Å². The summed E-state index contributed by atoms with van der Waals surface area (Å²) >= 11 is 0. The monoisotopic (exact) mass is 748 g/mol. The summed E-state index contributed by atoms with van der Waals surface area (Å²) in [6.07, 6.45) is 18.1. The van der Waals surface area contributed by atoms with Gasteiger partial charge in [0, 0.05) is 45.0 Å². The Morgan fingerprint density at radius 2 is 1.40 bits per heavy atom. The van der Waals surface area contributed by atoms with Gasteiger partial charge in [0.2, 0.25) is 0 Å². The van der Waals surface area contributed by atoms with Crippen LogP contribution in [0.2, 0.25) is 0 Å². The third kappa shape index (κ3) is 6.22. The first-order valence-corrected chi connectivity index (χ1v) is 20.2. The molecule has 2 aliphatic carbocycles. The molecule has 0 saturated heterocycles. The Balaban J connectivity index is 1.12. The van der Waals surface area contributed by atoms with Crippen molar-refractivity contribution in [2.24, 2.45) is 0 Å². The molecule has 2 aliphatic rings. The minimum atomic E-state index is -0.130. The summed E-state index contributed by atoms with van der Waals surface area (Å²) in [6, 6.07) is 49.0. The number of rotatable bonds is 10. The third-order valence-electron chi connectivity index (χ3n) is 12.2. The number of aromatic nitrogens is 1. The average Bonchev–Trinajstić information content (AvgIpc) is 3.70. The van der Waals surface area contributed by atoms with E-state index in [9.17, 15) is 0 Å². The first-order chi connectivity index (χ1) is 28.3. The quantitative estimate of drug-likeness (QED) is 0.135. The molecule has 1 aromatic heterocycles. The van der Waals surface area contributed by atoms with E-state index in [2.05, 4.69) is 214 Å². The van der Waals surface area contributed by atoms with Crippen LogP contribution in [0.1, 0.15) is 72.2 Å². The van der Waals surface area contributed by atoms with Crippen LogP contribution in [-0.2, 0) is 5.41 Å². The molecule has 0 bridgehead atoms. The van der Waals surface area contributed by atoms with E-state index >= 15 is 0 Å². The third-order valence-corrected chi connectivity index (χ3v) is 12.2. The Bertz CT molecular complexity index is 2820. The molecule has 0 amide bonds. The van der Waals surface area contributed by atoms with Gasteiger partial charge in [-0.2, -0.15) is 0 Å². The van der Waals surface area contributed by atoms with Gasteiger partial charge in [0.05, 0.1) is 11.2 Å². The van der Waals surface area contributed by atoms with Crippen molar-refractivity contribution in [3.05, 3.63) is 222 Å². The second-order valence-electron chi connectivity index (χ2n) is 15.9. The SMILES string of the molecule is C=Cc1ccc(-n2c(C=C)c(/C=C\C)c3cc(-c4ccc(N(C5=CCC(c6ccccc6)C=C5)c5ccc6c(c5)C(C)(C)c5ccc(C=C)cc5-6)cc4)ccc32)cc1. The first-order valence-electron chi connectivity index (χ1n) is 20.2. The van der Waals surface area contributed by atoms with Crippen LogP contribution in [0.5, 0.6) is 0 Å². The predicted molar refractivity (Wildman–Crippen MR) is 251 cm³/mol. The molecule has 1 atom stereocenters. The molecule has 0 saturated carbocycles. The molecule has 6 aromatic carbocycles. The molecule has 7 aromatic rings. The van der Waals surface area contributed by atoms with Gasteiger partial charge in [-0.3, -0.25) is 0 Å². The number of fused-ring (bicyclic) bond motifs is 4. The van der Waals surface area contributed by atoms with Gasteiger partial charge in [-0.1, -0.05) is 149 Å². The summed E-state index contributed by atoms with van der Waals surface area (Å²) in [5.41, 5.74) is 19.0. The van der Waals surface area contributed by atoms with Gasteiger partial charge in [0.1, 0.15) is 0 Å². The number of hydrogen-bond donors (Lipinski definition) is 0. The molecular weight excluding hydrogens is 701 g/mol. The van der Waals surface area contributed by atoms with Crippen molar-refractivity contribution in [2.45, 2.75) is 38.5 Å². The highest BCUT2D eigenvalue weighted by Crippen LogP contribution is 2.51. The van der Waals surface area contributed by atoms with E-state index in [1.54, 1.807) is 0 Å². The summed E-state index contributed by atoms with van der Waals surface area (Å²) in [4.78, 5) is 2.43. The maximum Gasteiger partial charge on any atom is 0.0541 e. The Morgan fingerprint density at radius 3 is 2.09 bits per heavy atom. The topological polar surface area (TPSA) is 8.17 Å². The van der Waals surface area contributed by atoms with Crippen molar-refractivity contribution >= 4 is 46.6 Å². The smallest absolute Gasteiger partial charge is 0.0541 e. The molecule has 58 heavy (non-hydrogen) atoms. The normalized spacial score (nSPS) is 15.2. The largest absolute Gasteiger partial charge is 0.311 e. The molecule has 9 rings (SSSR count). The van der Waals surface area contributed by atoms with Crippen LogP contribution >= 0.6 is 0 Å². The van der Waals surface area contributed by atoms with E-state index in [4.69, 9.17) is 0 Å². The minimum Gasteiger partial charge on any atom is -0.311 e. The molecular formula is C56H48N2. The van der Waals surface area contributed by atoms with Gasteiger partial charge in [0.15, 0.2) is 0 Å². The van der Waals surface area contributed by atoms with Crippen LogP contribution in [0.3, 0.4) is 0 Å². The molecule has 0 N–H and O–H groups in total. The van der Waals surface area contributed by atoms with Gasteiger partial charge in [-0.25, -0.2) is 0 Å². The standard InChI is InChI=1S/C56H48N2/c1-7-14-49-51-36-43(24-34-55(51)58(54(49)10-4)46-25-17-38(8-2)18-26-46)42-22-29-45(30-23-42)57(44-27-20-41(21-28-44)40-15-12-11-13-16-40)47-31-32-48-50-35-39(9-3)19-33-52(50)56(5,6)53(48)37-47/h7-20,22-37,41H,2-4,21H2,1,5-6H3/b14-7-. The fraction of sp³-hybridized carbons (Fsp3) is 0.107. The lowest BCUT2D eigenvalue weighted by atomic mass is 9.82. The van der Waals surface area contributed by atoms with Crippen LogP contribution in [-0.4, -0.2) is 4.57 Å². The average molecular weight is 749 g/mol. The maximum atomic E-state index is 4.23. The Morgan fingerprint density at radius 1 is 0.672 bits per heavy atom. The second-order valence-corrected chi connectivity index (χ2v) is 15.9. The number of anilines is 2. The predicted octanol–water partition coefficient (Wildman–Crippen LogP) is 15.3. The van der Waals surface area contributed by atoms with Crippen molar-refractivity contribution in [3.63, 3.8) is 0 Å². The molecule has 282 valence electrons. The summed E-state index contributed by atoms with van der Waals surface area (Å²) in [5.74, 6) is 0.354. The van der Waals surface area contributed by atoms with E-state index < -0.39 is 0 Å². The lowest BCUT2D eigenvalue weighted by Gasteiger charge is -2.31. The fourth-order valence-electron chi connectivity index (χ4n) is 9.09. The van der Waals surface area contributed by atoms with Gasteiger partial charge in [0.25, 0.3) is 0 Å². The van der Waals surface area contributed by atoms with E-state index in [0.717, 1.165) is 51.4 Å². The summed E-state index contributed by atoms with van der Waals surface area (Å²) < 4.78 is 2.30. The van der Waals surface area contributed by atoms with Crippen LogP contribution in [0.15, 0.2) is 183 Å². The van der Waals surface area contributed by atoms with Crippen molar-refractivity contribution in [1.29, 1.82) is 0 Å². The van der Waals surface area contributed by atoms with Crippen molar-refractivity contribution in [1.82, 2.24) is 4.57 Å². The van der Waals surface area contributed by atoms with Crippen molar-refractivity contribution < 1.29 is 0 Å². The lowest BCUT2D eigenvalue weighted by Crippen LogP contribution is -2.19. The zero-order valence-electron chi connectivity index (χ0n) is 33.6. The lowest BCUT2D eigenvalue weighted by molar-refractivity contribution is 0.660. The van der Waals surface area contributed by atoms with Crippen LogP contribution in [0, 0.1) is 0 Å². The summed E-state index contributed by atoms with van der Waals surface area (Å²) in [5, 5.41) is 1.19.